The fraction of sp³-hybridized carbons (Fsp3) is 0. The van der Waals surface area contributed by atoms with Gasteiger partial charge in [0.05, 0.1) is 16.1 Å². The molecule has 0 bridgehead atoms. The number of anilines is 2. The summed E-state index contributed by atoms with van der Waals surface area (Å²) >= 11 is 6.61. The number of benzene rings is 2. The number of rotatable bonds is 4. The highest BCUT2D eigenvalue weighted by Crippen LogP contribution is 2.23. The molecule has 4 N–H and O–H groups in total. The predicted molar refractivity (Wildman–Crippen MR) is 123 cm³/mol. The van der Waals surface area contributed by atoms with Crippen molar-refractivity contribution in [3.8, 4) is 5.69 Å². The Bertz CT molecular complexity index is 1520. The summed E-state index contributed by atoms with van der Waals surface area (Å²) in [5, 5.41) is 4.76. The van der Waals surface area contributed by atoms with E-state index in [9.17, 15) is 22.4 Å². The average Bonchev–Trinajstić information content (AvgIpc) is 3.18. The van der Waals surface area contributed by atoms with Gasteiger partial charge in [-0.25, -0.2) is 22.3 Å². The molecular formula is C20H14ClFN4O4S2. The number of hydrogen-bond donors (Lipinski definition) is 3. The first-order valence-corrected chi connectivity index (χ1v) is 11.7. The number of thiophene rings is 1. The largest absolute Gasteiger partial charge is 0.396 e. The molecule has 164 valence electrons. The van der Waals surface area contributed by atoms with Crippen LogP contribution in [0.4, 0.5) is 20.6 Å². The molecule has 4 rings (SSSR count). The molecule has 2 aromatic carbocycles. The average molecular weight is 493 g/mol. The molecule has 0 radical (unpaired) electrons. The van der Waals surface area contributed by atoms with Crippen molar-refractivity contribution in [2.75, 3.05) is 11.1 Å². The molecule has 4 aromatic rings. The van der Waals surface area contributed by atoms with Crippen molar-refractivity contribution < 1.29 is 17.6 Å². The van der Waals surface area contributed by atoms with E-state index in [2.05, 4.69) is 5.32 Å². The summed E-state index contributed by atoms with van der Waals surface area (Å²) in [6, 6.07) is 10.5. The van der Waals surface area contributed by atoms with Crippen molar-refractivity contribution in [1.82, 2.24) is 9.29 Å². The molecule has 0 aliphatic heterocycles. The number of halogens is 2. The number of fused-ring (bicyclic) bond motifs is 1. The third-order valence-electron chi connectivity index (χ3n) is 4.46. The number of urea groups is 1. The minimum Gasteiger partial charge on any atom is -0.396 e. The van der Waals surface area contributed by atoms with Crippen LogP contribution in [0.1, 0.15) is 0 Å². The Morgan fingerprint density at radius 1 is 1.12 bits per heavy atom. The topological polar surface area (TPSA) is 123 Å². The zero-order valence-electron chi connectivity index (χ0n) is 16.0. The van der Waals surface area contributed by atoms with Crippen LogP contribution >= 0.6 is 22.9 Å². The fourth-order valence-corrected chi connectivity index (χ4v) is 5.27. The van der Waals surface area contributed by atoms with Crippen LogP contribution in [0.5, 0.6) is 0 Å². The quantitative estimate of drug-likeness (QED) is 0.372. The molecular weight excluding hydrogens is 479 g/mol. The van der Waals surface area contributed by atoms with E-state index in [4.69, 9.17) is 17.3 Å². The minimum atomic E-state index is -4.06. The summed E-state index contributed by atoms with van der Waals surface area (Å²) in [6.07, 6.45) is 1.52. The van der Waals surface area contributed by atoms with Crippen LogP contribution in [0.15, 0.2) is 69.1 Å². The number of amides is 2. The maximum Gasteiger partial charge on any atom is 0.333 e. The highest BCUT2D eigenvalue weighted by Gasteiger charge is 2.20. The molecule has 12 heteroatoms. The number of pyridine rings is 1. The number of sulfonamides is 1. The van der Waals surface area contributed by atoms with Crippen LogP contribution in [0, 0.1) is 5.82 Å². The molecule has 0 spiro atoms. The van der Waals surface area contributed by atoms with Crippen LogP contribution in [-0.2, 0) is 10.0 Å². The van der Waals surface area contributed by atoms with E-state index in [1.54, 1.807) is 18.2 Å². The number of nitrogens with two attached hydrogens (primary N) is 1. The van der Waals surface area contributed by atoms with Gasteiger partial charge in [-0.05, 0) is 53.9 Å². The number of aromatic nitrogens is 1. The lowest BCUT2D eigenvalue weighted by molar-refractivity contribution is 0.256. The van der Waals surface area contributed by atoms with Crippen LogP contribution in [0.2, 0.25) is 5.02 Å². The molecule has 0 fully saturated rings. The monoisotopic (exact) mass is 492 g/mol. The summed E-state index contributed by atoms with van der Waals surface area (Å²) in [5.74, 6) is -0.683. The Morgan fingerprint density at radius 2 is 1.84 bits per heavy atom. The van der Waals surface area contributed by atoms with Crippen LogP contribution < -0.4 is 21.3 Å². The smallest absolute Gasteiger partial charge is 0.333 e. The third kappa shape index (κ3) is 4.31. The number of nitrogen functional groups attached to an aromatic ring is 1. The first-order valence-electron chi connectivity index (χ1n) is 8.93. The van der Waals surface area contributed by atoms with Gasteiger partial charge in [-0.15, -0.1) is 11.3 Å². The first-order chi connectivity index (χ1) is 15.1. The van der Waals surface area contributed by atoms with Gasteiger partial charge in [0.1, 0.15) is 10.0 Å². The lowest BCUT2D eigenvalue weighted by atomic mass is 10.1. The highest BCUT2D eigenvalue weighted by atomic mass is 35.5. The van der Waals surface area contributed by atoms with E-state index >= 15 is 0 Å². The molecule has 0 atom stereocenters. The summed E-state index contributed by atoms with van der Waals surface area (Å²) in [5.41, 5.74) is 5.80. The summed E-state index contributed by atoms with van der Waals surface area (Å²) < 4.78 is 41.3. The van der Waals surface area contributed by atoms with E-state index in [-0.39, 0.29) is 20.3 Å². The third-order valence-corrected chi connectivity index (χ3v) is 7.58. The second-order valence-corrected chi connectivity index (χ2v) is 9.90. The Labute approximate surface area is 190 Å². The van der Waals surface area contributed by atoms with Crippen molar-refractivity contribution in [2.45, 2.75) is 4.21 Å². The standard InChI is InChI=1S/C20H14ClFN4O4S2/c21-12-8-18(31-10-12)32(29,30)25-20(28)24-13-1-3-14(4-2-13)26-6-5-11-7-17(23)16(22)9-15(11)19(26)27/h1-10H,23H2,(H2,24,25,28). The number of hydrogen-bond acceptors (Lipinski definition) is 6. The van der Waals surface area contributed by atoms with Gasteiger partial charge in [-0.1, -0.05) is 11.6 Å². The highest BCUT2D eigenvalue weighted by molar-refractivity contribution is 7.92. The molecule has 2 heterocycles. The maximum atomic E-state index is 13.8. The van der Waals surface area contributed by atoms with Crippen molar-refractivity contribution in [1.29, 1.82) is 0 Å². The van der Waals surface area contributed by atoms with Gasteiger partial charge in [0, 0.05) is 23.0 Å². The van der Waals surface area contributed by atoms with E-state index in [0.29, 0.717) is 16.8 Å². The van der Waals surface area contributed by atoms with E-state index < -0.39 is 27.4 Å². The van der Waals surface area contributed by atoms with Gasteiger partial charge in [0.25, 0.3) is 15.6 Å². The number of nitrogens with zero attached hydrogens (tertiary/aromatic N) is 1. The summed E-state index contributed by atoms with van der Waals surface area (Å²) in [4.78, 5) is 24.8. The molecule has 2 aromatic heterocycles. The Morgan fingerprint density at radius 3 is 2.50 bits per heavy atom. The number of nitrogens with one attached hydrogen (secondary N) is 2. The maximum absolute atomic E-state index is 13.8. The van der Waals surface area contributed by atoms with E-state index in [0.717, 1.165) is 17.4 Å². The van der Waals surface area contributed by atoms with Crippen LogP contribution in [-0.4, -0.2) is 19.0 Å². The van der Waals surface area contributed by atoms with Crippen molar-refractivity contribution in [2.24, 2.45) is 0 Å². The Hall–Kier alpha value is -3.41. The second kappa shape index (κ2) is 8.26. The van der Waals surface area contributed by atoms with Crippen LogP contribution in [0.25, 0.3) is 16.5 Å². The van der Waals surface area contributed by atoms with Crippen LogP contribution in [0.3, 0.4) is 0 Å². The minimum absolute atomic E-state index is 0.0486. The number of carbonyl (C=O) groups excluding carboxylic acids is 1. The van der Waals surface area contributed by atoms with Gasteiger partial charge in [-0.2, -0.15) is 0 Å². The van der Waals surface area contributed by atoms with E-state index in [1.807, 2.05) is 4.72 Å². The Balaban J connectivity index is 1.53. The van der Waals surface area contributed by atoms with Crippen molar-refractivity contribution >= 4 is 61.1 Å². The SMILES string of the molecule is Nc1cc2ccn(-c3ccc(NC(=O)NS(=O)(=O)c4cc(Cl)cs4)cc3)c(=O)c2cc1F. The normalized spacial score (nSPS) is 11.4. The van der Waals surface area contributed by atoms with Crippen molar-refractivity contribution in [3.05, 3.63) is 81.3 Å². The first kappa shape index (κ1) is 21.8. The molecule has 0 unspecified atom stereocenters. The lowest BCUT2D eigenvalue weighted by Crippen LogP contribution is -2.33. The molecule has 0 saturated carbocycles. The molecule has 8 nitrogen and oxygen atoms in total. The lowest BCUT2D eigenvalue weighted by Gasteiger charge is -2.10. The summed E-state index contributed by atoms with van der Waals surface area (Å²) in [7, 11) is -4.06. The molecule has 0 aliphatic rings. The zero-order chi connectivity index (χ0) is 23.0. The second-order valence-electron chi connectivity index (χ2n) is 6.64. The predicted octanol–water partition coefficient (Wildman–Crippen LogP) is 3.94. The molecule has 0 aliphatic carbocycles. The van der Waals surface area contributed by atoms with Gasteiger partial charge >= 0.3 is 6.03 Å². The van der Waals surface area contributed by atoms with Gasteiger partial charge in [0.2, 0.25) is 0 Å². The van der Waals surface area contributed by atoms with E-state index in [1.165, 1.54) is 40.4 Å². The van der Waals surface area contributed by atoms with Gasteiger partial charge in [0.15, 0.2) is 0 Å². The Kier molecular flexibility index (Phi) is 5.63. The summed E-state index contributed by atoms with van der Waals surface area (Å²) in [6.45, 7) is 0. The zero-order valence-corrected chi connectivity index (χ0v) is 18.4. The van der Waals surface area contributed by atoms with Crippen molar-refractivity contribution in [3.63, 3.8) is 0 Å². The molecule has 32 heavy (non-hydrogen) atoms. The fourth-order valence-electron chi connectivity index (χ4n) is 2.96. The number of carbonyl (C=O) groups is 1. The molecule has 2 amide bonds. The van der Waals surface area contributed by atoms with Gasteiger partial charge in [-0.3, -0.25) is 9.36 Å². The molecule has 0 saturated heterocycles. The van der Waals surface area contributed by atoms with Gasteiger partial charge < -0.3 is 11.1 Å².